The number of carbonyl (C=O) groups is 2. The Labute approximate surface area is 133 Å². The van der Waals surface area contributed by atoms with E-state index in [0.29, 0.717) is 22.0 Å². The molecule has 1 atom stereocenters. The summed E-state index contributed by atoms with van der Waals surface area (Å²) in [6, 6.07) is 8.97. The summed E-state index contributed by atoms with van der Waals surface area (Å²) in [6.07, 6.45) is 2.85. The molecule has 1 aliphatic carbocycles. The summed E-state index contributed by atoms with van der Waals surface area (Å²) in [6.45, 7) is 2.20. The van der Waals surface area contributed by atoms with Crippen LogP contribution in [0.3, 0.4) is 0 Å². The van der Waals surface area contributed by atoms with E-state index in [1.165, 1.54) is 16.2 Å². The molecule has 5 heteroatoms. The van der Waals surface area contributed by atoms with Crippen molar-refractivity contribution in [1.29, 1.82) is 0 Å². The summed E-state index contributed by atoms with van der Waals surface area (Å²) >= 11 is 1.48. The maximum atomic E-state index is 12.3. The standard InChI is InChI=1S/C17H18N2O2S/c1-10-7-8-12-13(9-10)22-17(14(12)15(18)20)19-16(21)11-5-3-2-4-6-11/h2-6,10H,7-9H2,1H3,(H2,18,20)(H,19,21)/t10-/m0/s1. The van der Waals surface area contributed by atoms with E-state index in [-0.39, 0.29) is 5.91 Å². The Bertz CT molecular complexity index is 722. The molecule has 0 unspecified atom stereocenters. The summed E-state index contributed by atoms with van der Waals surface area (Å²) in [5.74, 6) is -0.0743. The number of fused-ring (bicyclic) bond motifs is 1. The number of nitrogens with one attached hydrogen (secondary N) is 1. The number of hydrogen-bond donors (Lipinski definition) is 2. The van der Waals surface area contributed by atoms with Gasteiger partial charge < -0.3 is 11.1 Å². The van der Waals surface area contributed by atoms with Crippen LogP contribution in [-0.2, 0) is 12.8 Å². The van der Waals surface area contributed by atoms with Gasteiger partial charge in [-0.2, -0.15) is 0 Å². The molecule has 22 heavy (non-hydrogen) atoms. The minimum Gasteiger partial charge on any atom is -0.365 e. The Kier molecular flexibility index (Phi) is 3.98. The van der Waals surface area contributed by atoms with Crippen LogP contribution in [0.2, 0.25) is 0 Å². The molecule has 0 fully saturated rings. The van der Waals surface area contributed by atoms with Crippen LogP contribution in [0.5, 0.6) is 0 Å². The predicted octanol–water partition coefficient (Wildman–Crippen LogP) is 3.22. The van der Waals surface area contributed by atoms with Crippen molar-refractivity contribution in [3.63, 3.8) is 0 Å². The Morgan fingerprint density at radius 1 is 1.27 bits per heavy atom. The first kappa shape index (κ1) is 14.8. The quantitative estimate of drug-likeness (QED) is 0.913. The van der Waals surface area contributed by atoms with Crippen molar-refractivity contribution in [2.75, 3.05) is 5.32 Å². The summed E-state index contributed by atoms with van der Waals surface area (Å²) in [5, 5.41) is 3.44. The van der Waals surface area contributed by atoms with E-state index in [1.807, 2.05) is 18.2 Å². The van der Waals surface area contributed by atoms with Crippen LogP contribution in [0, 0.1) is 5.92 Å². The average Bonchev–Trinajstić information content (AvgIpc) is 2.85. The second-order valence-electron chi connectivity index (χ2n) is 5.74. The topological polar surface area (TPSA) is 72.2 Å². The SMILES string of the molecule is C[C@H]1CCc2c(sc(NC(=O)c3ccccc3)c2C(N)=O)C1. The van der Waals surface area contributed by atoms with Gasteiger partial charge in [0.1, 0.15) is 5.00 Å². The number of primary amides is 1. The Balaban J connectivity index is 1.94. The average molecular weight is 314 g/mol. The summed E-state index contributed by atoms with van der Waals surface area (Å²) in [7, 11) is 0. The van der Waals surface area contributed by atoms with Gasteiger partial charge in [-0.15, -0.1) is 11.3 Å². The van der Waals surface area contributed by atoms with E-state index in [2.05, 4.69) is 12.2 Å². The Hall–Kier alpha value is -2.14. The molecule has 0 radical (unpaired) electrons. The van der Waals surface area contributed by atoms with Crippen molar-refractivity contribution < 1.29 is 9.59 Å². The fraction of sp³-hybridized carbons (Fsp3) is 0.294. The van der Waals surface area contributed by atoms with Gasteiger partial charge in [-0.3, -0.25) is 9.59 Å². The molecule has 3 rings (SSSR count). The summed E-state index contributed by atoms with van der Waals surface area (Å²) in [5.41, 5.74) is 7.64. The van der Waals surface area contributed by atoms with E-state index in [1.54, 1.807) is 12.1 Å². The highest BCUT2D eigenvalue weighted by Gasteiger charge is 2.27. The van der Waals surface area contributed by atoms with E-state index in [4.69, 9.17) is 5.73 Å². The number of rotatable bonds is 3. The summed E-state index contributed by atoms with van der Waals surface area (Å²) in [4.78, 5) is 25.3. The van der Waals surface area contributed by atoms with E-state index < -0.39 is 5.91 Å². The molecule has 3 N–H and O–H groups in total. The van der Waals surface area contributed by atoms with Gasteiger partial charge in [0.25, 0.3) is 11.8 Å². The molecule has 1 aromatic heterocycles. The molecule has 0 saturated carbocycles. The van der Waals surface area contributed by atoms with Crippen molar-refractivity contribution in [3.05, 3.63) is 51.9 Å². The van der Waals surface area contributed by atoms with Crippen molar-refractivity contribution in [2.24, 2.45) is 11.7 Å². The van der Waals surface area contributed by atoms with Crippen LogP contribution >= 0.6 is 11.3 Å². The maximum Gasteiger partial charge on any atom is 0.256 e. The minimum atomic E-state index is -0.463. The zero-order chi connectivity index (χ0) is 15.7. The number of hydrogen-bond acceptors (Lipinski definition) is 3. The number of thiophene rings is 1. The van der Waals surface area contributed by atoms with Crippen molar-refractivity contribution in [1.82, 2.24) is 0 Å². The lowest BCUT2D eigenvalue weighted by atomic mass is 9.88. The van der Waals surface area contributed by atoms with E-state index in [9.17, 15) is 9.59 Å². The van der Waals surface area contributed by atoms with Crippen LogP contribution in [-0.4, -0.2) is 11.8 Å². The smallest absolute Gasteiger partial charge is 0.256 e. The van der Waals surface area contributed by atoms with Crippen LogP contribution in [0.15, 0.2) is 30.3 Å². The largest absolute Gasteiger partial charge is 0.365 e. The first-order chi connectivity index (χ1) is 10.6. The van der Waals surface area contributed by atoms with Crippen LogP contribution in [0.1, 0.15) is 44.5 Å². The van der Waals surface area contributed by atoms with Gasteiger partial charge >= 0.3 is 0 Å². The van der Waals surface area contributed by atoms with Crippen molar-refractivity contribution >= 4 is 28.2 Å². The normalized spacial score (nSPS) is 16.9. The molecule has 0 aliphatic heterocycles. The van der Waals surface area contributed by atoms with Crippen LogP contribution in [0.4, 0.5) is 5.00 Å². The molecule has 4 nitrogen and oxygen atoms in total. The fourth-order valence-electron chi connectivity index (χ4n) is 2.86. The molecule has 0 saturated heterocycles. The first-order valence-electron chi connectivity index (χ1n) is 7.37. The highest BCUT2D eigenvalue weighted by molar-refractivity contribution is 7.17. The van der Waals surface area contributed by atoms with Gasteiger partial charge in [0.2, 0.25) is 0 Å². The first-order valence-corrected chi connectivity index (χ1v) is 8.18. The van der Waals surface area contributed by atoms with Gasteiger partial charge in [0.05, 0.1) is 5.56 Å². The molecule has 0 spiro atoms. The van der Waals surface area contributed by atoms with Crippen LogP contribution in [0.25, 0.3) is 0 Å². The number of amides is 2. The lowest BCUT2D eigenvalue weighted by Crippen LogP contribution is -2.19. The molecule has 2 amide bonds. The summed E-state index contributed by atoms with van der Waals surface area (Å²) < 4.78 is 0. The number of anilines is 1. The third-order valence-electron chi connectivity index (χ3n) is 4.02. The van der Waals surface area contributed by atoms with Gasteiger partial charge in [-0.1, -0.05) is 25.1 Å². The Morgan fingerprint density at radius 2 is 2.00 bits per heavy atom. The van der Waals surface area contributed by atoms with Gasteiger partial charge in [0.15, 0.2) is 0 Å². The fourth-order valence-corrected chi connectivity index (χ4v) is 4.28. The lowest BCUT2D eigenvalue weighted by molar-refractivity contribution is 0.1000. The molecular formula is C17H18N2O2S. The van der Waals surface area contributed by atoms with Gasteiger partial charge in [0, 0.05) is 10.4 Å². The second kappa shape index (κ2) is 5.93. The molecule has 1 aliphatic rings. The molecule has 2 aromatic rings. The Morgan fingerprint density at radius 3 is 2.68 bits per heavy atom. The van der Waals surface area contributed by atoms with E-state index >= 15 is 0 Å². The minimum absolute atomic E-state index is 0.213. The van der Waals surface area contributed by atoms with Gasteiger partial charge in [-0.25, -0.2) is 0 Å². The molecule has 114 valence electrons. The van der Waals surface area contributed by atoms with Crippen LogP contribution < -0.4 is 11.1 Å². The monoisotopic (exact) mass is 314 g/mol. The number of nitrogens with two attached hydrogens (primary N) is 1. The highest BCUT2D eigenvalue weighted by atomic mass is 32.1. The lowest BCUT2D eigenvalue weighted by Gasteiger charge is -2.18. The third-order valence-corrected chi connectivity index (χ3v) is 5.19. The number of carbonyl (C=O) groups excluding carboxylic acids is 2. The molecule has 1 aromatic carbocycles. The molecule has 1 heterocycles. The molecular weight excluding hydrogens is 296 g/mol. The zero-order valence-electron chi connectivity index (χ0n) is 12.4. The predicted molar refractivity (Wildman–Crippen MR) is 88.4 cm³/mol. The second-order valence-corrected chi connectivity index (χ2v) is 6.85. The third kappa shape index (κ3) is 2.76. The maximum absolute atomic E-state index is 12.3. The molecule has 0 bridgehead atoms. The highest BCUT2D eigenvalue weighted by Crippen LogP contribution is 2.39. The van der Waals surface area contributed by atoms with Gasteiger partial charge in [-0.05, 0) is 42.9 Å². The van der Waals surface area contributed by atoms with E-state index in [0.717, 1.165) is 24.8 Å². The van der Waals surface area contributed by atoms with Crippen molar-refractivity contribution in [3.8, 4) is 0 Å². The zero-order valence-corrected chi connectivity index (χ0v) is 13.2. The van der Waals surface area contributed by atoms with Crippen molar-refractivity contribution in [2.45, 2.75) is 26.2 Å². The number of benzene rings is 1.